The predicted octanol–water partition coefficient (Wildman–Crippen LogP) is 5.16. The van der Waals surface area contributed by atoms with Gasteiger partial charge in [0.1, 0.15) is 22.7 Å². The van der Waals surface area contributed by atoms with E-state index < -0.39 is 11.6 Å². The minimum Gasteiger partial charge on any atom is -0.456 e. The second-order valence-electron chi connectivity index (χ2n) is 6.56. The number of ether oxygens (including phenoxy) is 2. The number of aromatic nitrogens is 1. The van der Waals surface area contributed by atoms with Crippen LogP contribution in [0.15, 0.2) is 41.0 Å². The van der Waals surface area contributed by atoms with Gasteiger partial charge in [-0.05, 0) is 50.6 Å². The molecule has 1 aliphatic rings. The van der Waals surface area contributed by atoms with E-state index in [-0.39, 0.29) is 0 Å². The molecule has 2 aromatic rings. The number of pyridine rings is 1. The van der Waals surface area contributed by atoms with Gasteiger partial charge < -0.3 is 9.47 Å². The minimum absolute atomic E-state index is 0.379. The third-order valence-electron chi connectivity index (χ3n) is 3.38. The highest BCUT2D eigenvalue weighted by atomic mass is 79.9. The van der Waals surface area contributed by atoms with Gasteiger partial charge in [0.05, 0.1) is 11.9 Å². The predicted molar refractivity (Wildman–Crippen MR) is 96.4 cm³/mol. The third kappa shape index (κ3) is 3.85. The van der Waals surface area contributed by atoms with Crippen molar-refractivity contribution >= 4 is 28.0 Å². The van der Waals surface area contributed by atoms with Crippen molar-refractivity contribution in [3.63, 3.8) is 0 Å². The van der Waals surface area contributed by atoms with Gasteiger partial charge in [0.15, 0.2) is 0 Å². The van der Waals surface area contributed by atoms with Crippen LogP contribution in [0.4, 0.5) is 0 Å². The fraction of sp³-hybridized carbons (Fsp3) is 0.263. The average molecular weight is 388 g/mol. The van der Waals surface area contributed by atoms with E-state index in [1.165, 1.54) is 0 Å². The molecule has 0 aliphatic heterocycles. The van der Waals surface area contributed by atoms with Gasteiger partial charge in [-0.1, -0.05) is 28.1 Å². The highest BCUT2D eigenvalue weighted by Crippen LogP contribution is 2.31. The van der Waals surface area contributed by atoms with Crippen LogP contribution >= 0.6 is 15.9 Å². The Hall–Kier alpha value is -2.14. The van der Waals surface area contributed by atoms with Crippen molar-refractivity contribution in [1.82, 2.24) is 4.98 Å². The van der Waals surface area contributed by atoms with Gasteiger partial charge in [0, 0.05) is 10.9 Å². The maximum absolute atomic E-state index is 12.4. The molecule has 0 fully saturated rings. The number of allylic oxidation sites excluding steroid dienone is 1. The lowest BCUT2D eigenvalue weighted by molar-refractivity contribution is 0.00672. The fourth-order valence-corrected chi connectivity index (χ4v) is 2.71. The molecular formula is C19H18BrNO3. The Balaban J connectivity index is 1.91. The van der Waals surface area contributed by atoms with Crippen LogP contribution in [0.3, 0.4) is 0 Å². The van der Waals surface area contributed by atoms with E-state index in [9.17, 15) is 4.79 Å². The average Bonchev–Trinajstić information content (AvgIpc) is 2.93. The van der Waals surface area contributed by atoms with Gasteiger partial charge in [0.25, 0.3) is 0 Å². The number of fused-ring (bicyclic) bond motifs is 1. The molecular weight excluding hydrogens is 370 g/mol. The second kappa shape index (κ2) is 6.40. The molecule has 0 spiro atoms. The molecule has 1 heterocycles. The third-order valence-corrected chi connectivity index (χ3v) is 3.87. The van der Waals surface area contributed by atoms with Crippen LogP contribution in [0, 0.1) is 0 Å². The zero-order valence-electron chi connectivity index (χ0n) is 13.8. The van der Waals surface area contributed by atoms with Crippen molar-refractivity contribution < 1.29 is 14.3 Å². The molecule has 0 unspecified atom stereocenters. The molecule has 4 nitrogen and oxygen atoms in total. The monoisotopic (exact) mass is 387 g/mol. The summed E-state index contributed by atoms with van der Waals surface area (Å²) in [5.74, 6) is 0.601. The zero-order valence-corrected chi connectivity index (χ0v) is 15.4. The molecule has 0 saturated heterocycles. The maximum atomic E-state index is 12.4. The maximum Gasteiger partial charge on any atom is 0.342 e. The fourth-order valence-electron chi connectivity index (χ4n) is 2.37. The van der Waals surface area contributed by atoms with Gasteiger partial charge in [-0.15, -0.1) is 0 Å². The zero-order chi connectivity index (χ0) is 17.3. The number of carbonyl (C=O) groups excluding carboxylic acids is 1. The van der Waals surface area contributed by atoms with Gasteiger partial charge in [-0.2, -0.15) is 0 Å². The van der Waals surface area contributed by atoms with Crippen LogP contribution < -0.4 is 4.74 Å². The summed E-state index contributed by atoms with van der Waals surface area (Å²) in [6, 6.07) is 7.15. The van der Waals surface area contributed by atoms with E-state index in [0.717, 1.165) is 22.2 Å². The molecule has 124 valence electrons. The SMILES string of the molecule is CC(C)(C)OC(=O)c1ccc(Br)cc1Oc1cnc2c(c1)C=CC2. The molecule has 24 heavy (non-hydrogen) atoms. The van der Waals surface area contributed by atoms with E-state index >= 15 is 0 Å². The van der Waals surface area contributed by atoms with Crippen molar-refractivity contribution in [2.24, 2.45) is 0 Å². The van der Waals surface area contributed by atoms with E-state index in [1.54, 1.807) is 24.4 Å². The Kier molecular flexibility index (Phi) is 4.45. The summed E-state index contributed by atoms with van der Waals surface area (Å²) in [6.07, 6.45) is 6.60. The number of halogens is 1. The highest BCUT2D eigenvalue weighted by molar-refractivity contribution is 9.10. The van der Waals surface area contributed by atoms with Crippen LogP contribution in [0.2, 0.25) is 0 Å². The van der Waals surface area contributed by atoms with Crippen LogP contribution in [0.1, 0.15) is 42.4 Å². The van der Waals surface area contributed by atoms with Crippen LogP contribution in [-0.2, 0) is 11.2 Å². The number of esters is 1. The van der Waals surface area contributed by atoms with Gasteiger partial charge in [0.2, 0.25) is 0 Å². The van der Waals surface area contributed by atoms with Crippen LogP contribution in [0.5, 0.6) is 11.5 Å². The lowest BCUT2D eigenvalue weighted by Gasteiger charge is -2.20. The molecule has 3 rings (SSSR count). The number of nitrogens with zero attached hydrogens (tertiary/aromatic N) is 1. The molecule has 0 bridgehead atoms. The highest BCUT2D eigenvalue weighted by Gasteiger charge is 2.22. The van der Waals surface area contributed by atoms with Crippen LogP contribution in [0.25, 0.3) is 6.08 Å². The van der Waals surface area contributed by atoms with Crippen LogP contribution in [-0.4, -0.2) is 16.6 Å². The van der Waals surface area contributed by atoms with Gasteiger partial charge in [-0.25, -0.2) is 4.79 Å². The topological polar surface area (TPSA) is 48.4 Å². The van der Waals surface area contributed by atoms with E-state index in [1.807, 2.05) is 32.9 Å². The van der Waals surface area contributed by atoms with Crippen molar-refractivity contribution in [2.75, 3.05) is 0 Å². The lowest BCUT2D eigenvalue weighted by Crippen LogP contribution is -2.24. The summed E-state index contributed by atoms with van der Waals surface area (Å²) in [4.78, 5) is 16.8. The molecule has 0 amide bonds. The minimum atomic E-state index is -0.568. The molecule has 1 aliphatic carbocycles. The smallest absolute Gasteiger partial charge is 0.342 e. The number of carbonyl (C=O) groups is 1. The Bertz CT molecular complexity index is 822. The molecule has 0 N–H and O–H groups in total. The lowest BCUT2D eigenvalue weighted by atomic mass is 10.1. The first-order valence-corrected chi connectivity index (χ1v) is 8.47. The first-order chi connectivity index (χ1) is 11.3. The summed E-state index contributed by atoms with van der Waals surface area (Å²) in [5, 5.41) is 0. The Morgan fingerprint density at radius 1 is 1.25 bits per heavy atom. The molecule has 0 atom stereocenters. The molecule has 5 heteroatoms. The Morgan fingerprint density at radius 3 is 2.79 bits per heavy atom. The molecule has 0 radical (unpaired) electrons. The molecule has 0 saturated carbocycles. The van der Waals surface area contributed by atoms with Gasteiger partial charge >= 0.3 is 5.97 Å². The van der Waals surface area contributed by atoms with Gasteiger partial charge in [-0.3, -0.25) is 4.98 Å². The normalized spacial score (nSPS) is 12.8. The van der Waals surface area contributed by atoms with Crippen molar-refractivity contribution in [2.45, 2.75) is 32.8 Å². The quantitative estimate of drug-likeness (QED) is 0.682. The first-order valence-electron chi connectivity index (χ1n) is 7.68. The number of rotatable bonds is 3. The first kappa shape index (κ1) is 16.7. The summed E-state index contributed by atoms with van der Waals surface area (Å²) < 4.78 is 12.2. The summed E-state index contributed by atoms with van der Waals surface area (Å²) in [7, 11) is 0. The van der Waals surface area contributed by atoms with E-state index in [4.69, 9.17) is 9.47 Å². The summed E-state index contributed by atoms with van der Waals surface area (Å²) in [5.41, 5.74) is 1.89. The second-order valence-corrected chi connectivity index (χ2v) is 7.47. The molecule has 1 aromatic heterocycles. The largest absolute Gasteiger partial charge is 0.456 e. The summed E-state index contributed by atoms with van der Waals surface area (Å²) >= 11 is 3.41. The number of benzene rings is 1. The van der Waals surface area contributed by atoms with E-state index in [2.05, 4.69) is 27.0 Å². The summed E-state index contributed by atoms with van der Waals surface area (Å²) in [6.45, 7) is 5.50. The van der Waals surface area contributed by atoms with Crippen molar-refractivity contribution in [3.05, 3.63) is 57.8 Å². The van der Waals surface area contributed by atoms with Crippen molar-refractivity contribution in [1.29, 1.82) is 0 Å². The molecule has 1 aromatic carbocycles. The Morgan fingerprint density at radius 2 is 2.04 bits per heavy atom. The number of hydrogen-bond donors (Lipinski definition) is 0. The number of hydrogen-bond acceptors (Lipinski definition) is 4. The van der Waals surface area contributed by atoms with Crippen molar-refractivity contribution in [3.8, 4) is 11.5 Å². The van der Waals surface area contributed by atoms with E-state index in [0.29, 0.717) is 17.1 Å². The standard InChI is InChI=1S/C19H18BrNO3/c1-19(2,3)24-18(22)15-8-7-13(20)10-17(15)23-14-9-12-5-4-6-16(12)21-11-14/h4-5,7-11H,6H2,1-3H3. The Labute approximate surface area is 149 Å².